The van der Waals surface area contributed by atoms with E-state index >= 15 is 0 Å². The molecule has 19 heavy (non-hydrogen) atoms. The summed E-state index contributed by atoms with van der Waals surface area (Å²) in [5.74, 6) is -0.208. The Balaban J connectivity index is 2.28. The first-order valence-electron chi connectivity index (χ1n) is 6.13. The predicted molar refractivity (Wildman–Crippen MR) is 76.2 cm³/mol. The highest BCUT2D eigenvalue weighted by Gasteiger charge is 2.19. The maximum Gasteiger partial charge on any atom is 0.217 e. The molecule has 0 aliphatic rings. The number of amides is 1. The van der Waals surface area contributed by atoms with E-state index in [9.17, 15) is 9.90 Å². The minimum absolute atomic E-state index is 0.208. The van der Waals surface area contributed by atoms with E-state index in [0.717, 1.165) is 22.0 Å². The Morgan fingerprint density at radius 3 is 2.89 bits per heavy atom. The molecule has 1 heterocycles. The molecular weight excluding hydrogens is 264 g/mol. The Hall–Kier alpha value is -1.52. The highest BCUT2D eigenvalue weighted by atomic mass is 35.5. The van der Waals surface area contributed by atoms with Crippen molar-refractivity contribution in [2.45, 2.75) is 31.9 Å². The molecule has 1 aromatic carbocycles. The van der Waals surface area contributed by atoms with Crippen molar-refractivity contribution in [1.29, 1.82) is 0 Å². The summed E-state index contributed by atoms with van der Waals surface area (Å²) in [6.45, 7) is 3.43. The zero-order valence-corrected chi connectivity index (χ0v) is 11.7. The normalized spacial score (nSPS) is 14.3. The molecule has 0 bridgehead atoms. The molecule has 2 rings (SSSR count). The van der Waals surface area contributed by atoms with Crippen LogP contribution in [-0.2, 0) is 11.2 Å². The van der Waals surface area contributed by atoms with Crippen LogP contribution in [0, 0.1) is 6.92 Å². The molecular formula is C14H17ClN2O2. The summed E-state index contributed by atoms with van der Waals surface area (Å²) in [7, 11) is 0. The Morgan fingerprint density at radius 2 is 2.26 bits per heavy atom. The average Bonchev–Trinajstić information content (AvgIpc) is 2.70. The molecule has 1 aromatic heterocycles. The molecule has 0 aliphatic heterocycles. The van der Waals surface area contributed by atoms with Gasteiger partial charge < -0.3 is 15.4 Å². The fraction of sp³-hybridized carbons (Fsp3) is 0.357. The molecule has 2 atom stereocenters. The summed E-state index contributed by atoms with van der Waals surface area (Å²) >= 11 is 5.72. The van der Waals surface area contributed by atoms with Crippen LogP contribution in [0.5, 0.6) is 0 Å². The number of rotatable bonds is 4. The van der Waals surface area contributed by atoms with E-state index in [-0.39, 0.29) is 5.91 Å². The molecule has 0 saturated heterocycles. The number of alkyl halides is 1. The molecule has 5 heteroatoms. The molecule has 4 nitrogen and oxygen atoms in total. The van der Waals surface area contributed by atoms with Gasteiger partial charge in [-0.05, 0) is 31.0 Å². The number of aryl methyl sites for hydroxylation is 1. The SMILES string of the molecule is CC(=O)NC(Cc1c[nH]c2ccc(C)cc12)C(O)Cl. The van der Waals surface area contributed by atoms with Crippen LogP contribution in [0.3, 0.4) is 0 Å². The Labute approximate surface area is 116 Å². The van der Waals surface area contributed by atoms with Crippen LogP contribution in [-0.4, -0.2) is 27.6 Å². The van der Waals surface area contributed by atoms with Crippen LogP contribution in [0.1, 0.15) is 18.1 Å². The zero-order chi connectivity index (χ0) is 14.0. The number of halogens is 1. The molecule has 1 amide bonds. The Morgan fingerprint density at radius 1 is 1.53 bits per heavy atom. The third-order valence-corrected chi connectivity index (χ3v) is 3.39. The number of aliphatic hydroxyl groups is 1. The lowest BCUT2D eigenvalue weighted by atomic mass is 10.0. The lowest BCUT2D eigenvalue weighted by Crippen LogP contribution is -2.41. The summed E-state index contributed by atoms with van der Waals surface area (Å²) < 4.78 is 0. The number of aromatic nitrogens is 1. The van der Waals surface area contributed by atoms with E-state index < -0.39 is 11.6 Å². The lowest BCUT2D eigenvalue weighted by molar-refractivity contribution is -0.120. The summed E-state index contributed by atoms with van der Waals surface area (Å²) in [4.78, 5) is 14.3. The predicted octanol–water partition coefficient (Wildman–Crippen LogP) is 2.08. The van der Waals surface area contributed by atoms with Crippen LogP contribution in [0.4, 0.5) is 0 Å². The molecule has 3 N–H and O–H groups in total. The summed E-state index contributed by atoms with van der Waals surface area (Å²) in [6.07, 6.45) is 2.37. The van der Waals surface area contributed by atoms with Crippen molar-refractivity contribution in [2.75, 3.05) is 0 Å². The van der Waals surface area contributed by atoms with E-state index in [1.807, 2.05) is 25.3 Å². The van der Waals surface area contributed by atoms with Gasteiger partial charge in [0.25, 0.3) is 0 Å². The van der Waals surface area contributed by atoms with Crippen molar-refractivity contribution in [2.24, 2.45) is 0 Å². The molecule has 2 aromatic rings. The monoisotopic (exact) mass is 280 g/mol. The van der Waals surface area contributed by atoms with E-state index in [1.54, 1.807) is 0 Å². The zero-order valence-electron chi connectivity index (χ0n) is 10.9. The first-order valence-corrected chi connectivity index (χ1v) is 6.57. The fourth-order valence-electron chi connectivity index (χ4n) is 2.18. The number of carbonyl (C=O) groups is 1. The highest BCUT2D eigenvalue weighted by Crippen LogP contribution is 2.22. The summed E-state index contributed by atoms with van der Waals surface area (Å²) in [5.41, 5.74) is 2.11. The molecule has 0 fully saturated rings. The molecule has 102 valence electrons. The standard InChI is InChI=1S/C14H17ClN2O2/c1-8-3-4-12-11(5-8)10(7-16-12)6-13(14(15)19)17-9(2)18/h3-5,7,13-14,16,19H,6H2,1-2H3,(H,17,18). The van der Waals surface area contributed by atoms with Crippen LogP contribution in [0.25, 0.3) is 10.9 Å². The van der Waals surface area contributed by atoms with Crippen LogP contribution in [0.2, 0.25) is 0 Å². The van der Waals surface area contributed by atoms with E-state index in [0.29, 0.717) is 6.42 Å². The molecule has 0 saturated carbocycles. The van der Waals surface area contributed by atoms with Gasteiger partial charge in [-0.3, -0.25) is 4.79 Å². The first-order chi connectivity index (χ1) is 8.97. The number of H-pyrrole nitrogens is 1. The van der Waals surface area contributed by atoms with Gasteiger partial charge in [0.2, 0.25) is 5.91 Å². The number of fused-ring (bicyclic) bond motifs is 1. The summed E-state index contributed by atoms with van der Waals surface area (Å²) in [5, 5.41) is 13.3. The second-order valence-corrected chi connectivity index (χ2v) is 5.19. The molecule has 0 aliphatic carbocycles. The highest BCUT2D eigenvalue weighted by molar-refractivity contribution is 6.20. The van der Waals surface area contributed by atoms with Crippen molar-refractivity contribution in [3.8, 4) is 0 Å². The van der Waals surface area contributed by atoms with Gasteiger partial charge in [-0.1, -0.05) is 23.2 Å². The third-order valence-electron chi connectivity index (χ3n) is 3.08. The topological polar surface area (TPSA) is 65.1 Å². The lowest BCUT2D eigenvalue weighted by Gasteiger charge is -2.18. The van der Waals surface area contributed by atoms with Gasteiger partial charge >= 0.3 is 0 Å². The maximum atomic E-state index is 11.1. The van der Waals surface area contributed by atoms with Crippen molar-refractivity contribution < 1.29 is 9.90 Å². The van der Waals surface area contributed by atoms with E-state index in [4.69, 9.17) is 11.6 Å². The minimum atomic E-state index is -1.11. The van der Waals surface area contributed by atoms with Gasteiger partial charge in [0, 0.05) is 24.0 Å². The van der Waals surface area contributed by atoms with Crippen LogP contribution < -0.4 is 5.32 Å². The number of aromatic amines is 1. The smallest absolute Gasteiger partial charge is 0.217 e. The number of aliphatic hydroxyl groups excluding tert-OH is 1. The van der Waals surface area contributed by atoms with Crippen molar-refractivity contribution >= 4 is 28.4 Å². The third kappa shape index (κ3) is 3.28. The number of carbonyl (C=O) groups excluding carboxylic acids is 1. The summed E-state index contributed by atoms with van der Waals surface area (Å²) in [6, 6.07) is 5.62. The van der Waals surface area contributed by atoms with Crippen LogP contribution in [0.15, 0.2) is 24.4 Å². The fourth-order valence-corrected chi connectivity index (χ4v) is 2.33. The quantitative estimate of drug-likeness (QED) is 0.751. The average molecular weight is 281 g/mol. The van der Waals surface area contributed by atoms with Gasteiger partial charge in [-0.25, -0.2) is 0 Å². The number of nitrogens with one attached hydrogen (secondary N) is 2. The largest absolute Gasteiger partial charge is 0.376 e. The van der Waals surface area contributed by atoms with Gasteiger partial charge in [-0.15, -0.1) is 0 Å². The molecule has 0 spiro atoms. The van der Waals surface area contributed by atoms with Gasteiger partial charge in [0.05, 0.1) is 6.04 Å². The second kappa shape index (κ2) is 5.63. The van der Waals surface area contributed by atoms with Gasteiger partial charge in [0.15, 0.2) is 0 Å². The van der Waals surface area contributed by atoms with Gasteiger partial charge in [-0.2, -0.15) is 0 Å². The number of hydrogen-bond donors (Lipinski definition) is 3. The van der Waals surface area contributed by atoms with E-state index in [1.165, 1.54) is 6.92 Å². The minimum Gasteiger partial charge on any atom is -0.376 e. The van der Waals surface area contributed by atoms with Crippen molar-refractivity contribution in [3.05, 3.63) is 35.5 Å². The number of hydrogen-bond acceptors (Lipinski definition) is 2. The Kier molecular flexibility index (Phi) is 4.12. The Bertz CT molecular complexity index is 592. The second-order valence-electron chi connectivity index (χ2n) is 4.75. The molecule has 2 unspecified atom stereocenters. The van der Waals surface area contributed by atoms with E-state index in [2.05, 4.69) is 16.4 Å². The first kappa shape index (κ1) is 13.9. The maximum absolute atomic E-state index is 11.1. The van der Waals surface area contributed by atoms with Gasteiger partial charge in [0.1, 0.15) is 5.56 Å². The van der Waals surface area contributed by atoms with Crippen molar-refractivity contribution in [1.82, 2.24) is 10.3 Å². The van der Waals surface area contributed by atoms with Crippen molar-refractivity contribution in [3.63, 3.8) is 0 Å². The number of benzene rings is 1. The van der Waals surface area contributed by atoms with Crippen LogP contribution >= 0.6 is 11.6 Å². The molecule has 0 radical (unpaired) electrons.